The molecule has 0 saturated carbocycles. The normalized spacial score (nSPS) is 12.0. The molecule has 0 aromatic heterocycles. The van der Waals surface area contributed by atoms with Crippen LogP contribution in [0.1, 0.15) is 17.2 Å². The van der Waals surface area contributed by atoms with Gasteiger partial charge in [-0.3, -0.25) is 4.79 Å². The van der Waals surface area contributed by atoms with E-state index in [2.05, 4.69) is 17.4 Å². The molecule has 0 fully saturated rings. The van der Waals surface area contributed by atoms with E-state index in [0.717, 1.165) is 22.3 Å². The van der Waals surface area contributed by atoms with E-state index >= 15 is 0 Å². The minimum absolute atomic E-state index is 0.00925. The number of nitrogens with one attached hydrogen (secondary N) is 1. The first kappa shape index (κ1) is 19.8. The Bertz CT molecular complexity index is 890. The van der Waals surface area contributed by atoms with Gasteiger partial charge < -0.3 is 10.2 Å². The SMILES string of the molecule is CN(C)C(CNC(=O)Cc1ccc(-c2ccccc2)cc1)c1ccc(F)cc1. The summed E-state index contributed by atoms with van der Waals surface area (Å²) in [4.78, 5) is 14.4. The molecular formula is C24H25FN2O. The molecule has 144 valence electrons. The first-order valence-corrected chi connectivity index (χ1v) is 9.36. The predicted octanol–water partition coefficient (Wildman–Crippen LogP) is 4.45. The molecule has 0 aliphatic rings. The van der Waals surface area contributed by atoms with Crippen LogP contribution in [0.25, 0.3) is 11.1 Å². The molecule has 1 unspecified atom stereocenters. The van der Waals surface area contributed by atoms with Crippen LogP contribution in [-0.2, 0) is 11.2 Å². The summed E-state index contributed by atoms with van der Waals surface area (Å²) in [7, 11) is 3.89. The van der Waals surface area contributed by atoms with Crippen LogP contribution in [-0.4, -0.2) is 31.4 Å². The highest BCUT2D eigenvalue weighted by Gasteiger charge is 2.15. The molecule has 0 radical (unpaired) electrons. The molecule has 0 bridgehead atoms. The molecule has 3 aromatic rings. The van der Waals surface area contributed by atoms with Crippen molar-refractivity contribution in [2.45, 2.75) is 12.5 Å². The van der Waals surface area contributed by atoms with Crippen LogP contribution < -0.4 is 5.32 Å². The highest BCUT2D eigenvalue weighted by Crippen LogP contribution is 2.20. The summed E-state index contributed by atoms with van der Waals surface area (Å²) < 4.78 is 13.2. The van der Waals surface area contributed by atoms with Crippen LogP contribution >= 0.6 is 0 Å². The number of hydrogen-bond donors (Lipinski definition) is 1. The van der Waals surface area contributed by atoms with E-state index in [1.165, 1.54) is 12.1 Å². The summed E-state index contributed by atoms with van der Waals surface area (Å²) in [5.41, 5.74) is 4.24. The minimum Gasteiger partial charge on any atom is -0.354 e. The second-order valence-electron chi connectivity index (χ2n) is 7.07. The van der Waals surface area contributed by atoms with Crippen molar-refractivity contribution < 1.29 is 9.18 Å². The van der Waals surface area contributed by atoms with Gasteiger partial charge in [-0.2, -0.15) is 0 Å². The van der Waals surface area contributed by atoms with Gasteiger partial charge in [-0.1, -0.05) is 66.7 Å². The van der Waals surface area contributed by atoms with Gasteiger partial charge in [0.25, 0.3) is 0 Å². The maximum Gasteiger partial charge on any atom is 0.224 e. The van der Waals surface area contributed by atoms with Crippen LogP contribution in [0.5, 0.6) is 0 Å². The summed E-state index contributed by atoms with van der Waals surface area (Å²) in [5.74, 6) is -0.286. The molecule has 3 nitrogen and oxygen atoms in total. The zero-order chi connectivity index (χ0) is 19.9. The number of nitrogens with zero attached hydrogens (tertiary/aromatic N) is 1. The Morgan fingerprint density at radius 2 is 1.50 bits per heavy atom. The monoisotopic (exact) mass is 376 g/mol. The summed E-state index contributed by atoms with van der Waals surface area (Å²) >= 11 is 0. The lowest BCUT2D eigenvalue weighted by Gasteiger charge is -2.25. The van der Waals surface area contributed by atoms with Gasteiger partial charge in [0.15, 0.2) is 0 Å². The van der Waals surface area contributed by atoms with Crippen LogP contribution in [0.15, 0.2) is 78.9 Å². The van der Waals surface area contributed by atoms with Crippen molar-refractivity contribution in [3.63, 3.8) is 0 Å². The van der Waals surface area contributed by atoms with Crippen molar-refractivity contribution in [1.82, 2.24) is 10.2 Å². The van der Waals surface area contributed by atoms with E-state index in [1.807, 2.05) is 61.5 Å². The Morgan fingerprint density at radius 1 is 0.893 bits per heavy atom. The Labute approximate surface area is 165 Å². The fourth-order valence-electron chi connectivity index (χ4n) is 3.19. The first-order chi connectivity index (χ1) is 13.5. The molecular weight excluding hydrogens is 351 g/mol. The average molecular weight is 376 g/mol. The third kappa shape index (κ3) is 5.27. The summed E-state index contributed by atoms with van der Waals surface area (Å²) in [5, 5.41) is 3.00. The summed E-state index contributed by atoms with van der Waals surface area (Å²) in [6.45, 7) is 0.472. The number of carbonyl (C=O) groups excluding carboxylic acids is 1. The fourth-order valence-corrected chi connectivity index (χ4v) is 3.19. The third-order valence-electron chi connectivity index (χ3n) is 4.80. The van der Waals surface area contributed by atoms with Crippen molar-refractivity contribution in [2.75, 3.05) is 20.6 Å². The zero-order valence-corrected chi connectivity index (χ0v) is 16.2. The topological polar surface area (TPSA) is 32.3 Å². The van der Waals surface area contributed by atoms with E-state index in [1.54, 1.807) is 12.1 Å². The Balaban J connectivity index is 1.58. The average Bonchev–Trinajstić information content (AvgIpc) is 2.70. The second-order valence-corrected chi connectivity index (χ2v) is 7.07. The maximum atomic E-state index is 13.2. The molecule has 0 aliphatic heterocycles. The van der Waals surface area contributed by atoms with Crippen molar-refractivity contribution in [3.05, 3.63) is 95.8 Å². The third-order valence-corrected chi connectivity index (χ3v) is 4.80. The van der Waals surface area contributed by atoms with Gasteiger partial charge in [0.1, 0.15) is 5.82 Å². The van der Waals surface area contributed by atoms with Gasteiger partial charge in [0.05, 0.1) is 12.5 Å². The van der Waals surface area contributed by atoms with Crippen LogP contribution in [0.4, 0.5) is 4.39 Å². The molecule has 0 saturated heterocycles. The van der Waals surface area contributed by atoms with Crippen molar-refractivity contribution in [1.29, 1.82) is 0 Å². The van der Waals surface area contributed by atoms with Gasteiger partial charge in [-0.05, 0) is 48.5 Å². The molecule has 1 atom stereocenters. The molecule has 1 amide bonds. The number of likely N-dealkylation sites (N-methyl/N-ethyl adjacent to an activating group) is 1. The Morgan fingerprint density at radius 3 is 2.11 bits per heavy atom. The zero-order valence-electron chi connectivity index (χ0n) is 16.2. The number of carbonyl (C=O) groups is 1. The van der Waals surface area contributed by atoms with E-state index in [-0.39, 0.29) is 17.8 Å². The molecule has 0 heterocycles. The van der Waals surface area contributed by atoms with Crippen LogP contribution in [0.3, 0.4) is 0 Å². The van der Waals surface area contributed by atoms with E-state index < -0.39 is 0 Å². The van der Waals surface area contributed by atoms with E-state index in [9.17, 15) is 9.18 Å². The van der Waals surface area contributed by atoms with Gasteiger partial charge in [0.2, 0.25) is 5.91 Å². The molecule has 1 N–H and O–H groups in total. The first-order valence-electron chi connectivity index (χ1n) is 9.36. The van der Waals surface area contributed by atoms with Crippen molar-refractivity contribution in [2.24, 2.45) is 0 Å². The largest absolute Gasteiger partial charge is 0.354 e. The molecule has 4 heteroatoms. The molecule has 0 aliphatic carbocycles. The maximum absolute atomic E-state index is 13.2. The van der Waals surface area contributed by atoms with Crippen molar-refractivity contribution >= 4 is 5.91 Å². The smallest absolute Gasteiger partial charge is 0.224 e. The molecule has 0 spiro atoms. The highest BCUT2D eigenvalue weighted by molar-refractivity contribution is 5.79. The second kappa shape index (κ2) is 9.29. The van der Waals surface area contributed by atoms with Gasteiger partial charge in [-0.15, -0.1) is 0 Å². The predicted molar refractivity (Wildman–Crippen MR) is 111 cm³/mol. The Hall–Kier alpha value is -2.98. The highest BCUT2D eigenvalue weighted by atomic mass is 19.1. The molecule has 3 aromatic carbocycles. The summed E-state index contributed by atoms with van der Waals surface area (Å²) in [6, 6.07) is 24.6. The lowest BCUT2D eigenvalue weighted by molar-refractivity contribution is -0.120. The van der Waals surface area contributed by atoms with E-state index in [4.69, 9.17) is 0 Å². The lowest BCUT2D eigenvalue weighted by Crippen LogP contribution is -2.35. The lowest BCUT2D eigenvalue weighted by atomic mass is 10.0. The quantitative estimate of drug-likeness (QED) is 0.661. The molecule has 3 rings (SSSR count). The van der Waals surface area contributed by atoms with Gasteiger partial charge in [-0.25, -0.2) is 4.39 Å². The number of benzene rings is 3. The van der Waals surface area contributed by atoms with Gasteiger partial charge >= 0.3 is 0 Å². The van der Waals surface area contributed by atoms with Crippen molar-refractivity contribution in [3.8, 4) is 11.1 Å². The van der Waals surface area contributed by atoms with Crippen LogP contribution in [0.2, 0.25) is 0 Å². The number of amides is 1. The summed E-state index contributed by atoms with van der Waals surface area (Å²) in [6.07, 6.45) is 0.332. The number of rotatable bonds is 7. The number of halogens is 1. The van der Waals surface area contributed by atoms with Gasteiger partial charge in [0, 0.05) is 6.54 Å². The van der Waals surface area contributed by atoms with E-state index in [0.29, 0.717) is 13.0 Å². The minimum atomic E-state index is -0.260. The fraction of sp³-hybridized carbons (Fsp3) is 0.208. The Kier molecular flexibility index (Phi) is 6.56. The van der Waals surface area contributed by atoms with Crippen LogP contribution in [0, 0.1) is 5.82 Å². The standard InChI is InChI=1S/C24H25FN2O/c1-27(2)23(21-12-14-22(25)15-13-21)17-26-24(28)16-18-8-10-20(11-9-18)19-6-4-3-5-7-19/h3-15,23H,16-17H2,1-2H3,(H,26,28). The molecule has 28 heavy (non-hydrogen) atoms. The number of hydrogen-bond acceptors (Lipinski definition) is 2.